The van der Waals surface area contributed by atoms with Crippen LogP contribution in [0.15, 0.2) is 0 Å². The van der Waals surface area contributed by atoms with Crippen molar-refractivity contribution in [3.63, 3.8) is 0 Å². The summed E-state index contributed by atoms with van der Waals surface area (Å²) in [5.74, 6) is -0.333. The van der Waals surface area contributed by atoms with Gasteiger partial charge in [0.2, 0.25) is 0 Å². The zero-order valence-corrected chi connectivity index (χ0v) is 7.68. The van der Waals surface area contributed by atoms with E-state index in [-0.39, 0.29) is 11.4 Å². The molecule has 66 valence electrons. The molecule has 0 aliphatic carbocycles. The van der Waals surface area contributed by atoms with E-state index in [9.17, 15) is 4.79 Å². The first kappa shape index (κ1) is 10.4. The molecule has 0 radical (unpaired) electrons. The lowest BCUT2D eigenvalue weighted by molar-refractivity contribution is -0.142. The molecule has 0 fully saturated rings. The molecule has 0 aromatic carbocycles. The van der Waals surface area contributed by atoms with Crippen molar-refractivity contribution < 1.29 is 9.53 Å². The molecule has 0 heterocycles. The Morgan fingerprint density at radius 2 is 2.00 bits per heavy atom. The molecule has 0 amide bonds. The number of carbonyl (C=O) groups excluding carboxylic acids is 1. The molecule has 0 unspecified atom stereocenters. The summed E-state index contributed by atoms with van der Waals surface area (Å²) in [7, 11) is 1.35. The Balaban J connectivity index is 3.87. The molecular weight excluding hydrogens is 142 g/mol. The highest BCUT2D eigenvalue weighted by molar-refractivity contribution is 5.75. The molecule has 0 saturated carbocycles. The summed E-state index contributed by atoms with van der Waals surface area (Å²) in [5, 5.41) is 0. The van der Waals surface area contributed by atoms with E-state index in [1.165, 1.54) is 7.11 Å². The Labute approximate surface area is 67.9 Å². The molecule has 0 bridgehead atoms. The van der Waals surface area contributed by atoms with Gasteiger partial charge in [0, 0.05) is 0 Å². The van der Waals surface area contributed by atoms with E-state index in [1.807, 2.05) is 20.8 Å². The third-order valence-electron chi connectivity index (χ3n) is 1.34. The summed E-state index contributed by atoms with van der Waals surface area (Å²) in [6, 6.07) is -0.486. The van der Waals surface area contributed by atoms with Crippen LogP contribution in [0, 0.1) is 5.41 Å². The average molecular weight is 159 g/mol. The standard InChI is InChI=1S/C8H17NO2/c1-8(2,3)5-6(9)7(10)11-4/h6H,5,9H2,1-4H3/t6-/m0/s1. The highest BCUT2D eigenvalue weighted by Gasteiger charge is 2.21. The van der Waals surface area contributed by atoms with Crippen LogP contribution in [0.3, 0.4) is 0 Å². The van der Waals surface area contributed by atoms with Crippen molar-refractivity contribution >= 4 is 5.97 Å². The predicted molar refractivity (Wildman–Crippen MR) is 44.1 cm³/mol. The highest BCUT2D eigenvalue weighted by atomic mass is 16.5. The Bertz CT molecular complexity index is 138. The first-order chi connectivity index (χ1) is 4.87. The van der Waals surface area contributed by atoms with Crippen molar-refractivity contribution in [3.05, 3.63) is 0 Å². The quantitative estimate of drug-likeness (QED) is 0.610. The fourth-order valence-corrected chi connectivity index (χ4v) is 0.894. The van der Waals surface area contributed by atoms with E-state index < -0.39 is 6.04 Å². The molecule has 0 aromatic heterocycles. The largest absolute Gasteiger partial charge is 0.468 e. The lowest BCUT2D eigenvalue weighted by atomic mass is 9.88. The van der Waals surface area contributed by atoms with Crippen LogP contribution in [-0.2, 0) is 9.53 Å². The third-order valence-corrected chi connectivity index (χ3v) is 1.34. The van der Waals surface area contributed by atoms with Crippen molar-refractivity contribution in [2.75, 3.05) is 7.11 Å². The van der Waals surface area contributed by atoms with Gasteiger partial charge in [-0.25, -0.2) is 0 Å². The van der Waals surface area contributed by atoms with Gasteiger partial charge in [-0.2, -0.15) is 0 Å². The maximum Gasteiger partial charge on any atom is 0.322 e. The lowest BCUT2D eigenvalue weighted by Crippen LogP contribution is -2.35. The molecule has 0 aliphatic heterocycles. The van der Waals surface area contributed by atoms with Crippen molar-refractivity contribution in [2.24, 2.45) is 11.1 Å². The van der Waals surface area contributed by atoms with E-state index in [1.54, 1.807) is 0 Å². The minimum Gasteiger partial charge on any atom is -0.468 e. The van der Waals surface area contributed by atoms with Gasteiger partial charge in [0.05, 0.1) is 7.11 Å². The van der Waals surface area contributed by atoms with Crippen molar-refractivity contribution in [3.8, 4) is 0 Å². The third kappa shape index (κ3) is 4.79. The van der Waals surface area contributed by atoms with Crippen molar-refractivity contribution in [1.29, 1.82) is 0 Å². The number of rotatable bonds is 2. The number of hydrogen-bond acceptors (Lipinski definition) is 3. The number of methoxy groups -OCH3 is 1. The van der Waals surface area contributed by atoms with Crippen LogP contribution in [0.1, 0.15) is 27.2 Å². The minimum absolute atomic E-state index is 0.0770. The van der Waals surface area contributed by atoms with Gasteiger partial charge < -0.3 is 10.5 Å². The molecule has 1 atom stereocenters. The molecule has 0 rings (SSSR count). The number of esters is 1. The molecule has 3 heteroatoms. The average Bonchev–Trinajstić information content (AvgIpc) is 1.82. The zero-order chi connectivity index (χ0) is 9.07. The fourth-order valence-electron chi connectivity index (χ4n) is 0.894. The van der Waals surface area contributed by atoms with Gasteiger partial charge in [0.15, 0.2) is 0 Å². The van der Waals surface area contributed by atoms with Crippen LogP contribution < -0.4 is 5.73 Å². The molecule has 3 nitrogen and oxygen atoms in total. The summed E-state index contributed by atoms with van der Waals surface area (Å²) in [5.41, 5.74) is 5.62. The fraction of sp³-hybridized carbons (Fsp3) is 0.875. The Morgan fingerprint density at radius 3 is 2.27 bits per heavy atom. The Morgan fingerprint density at radius 1 is 1.55 bits per heavy atom. The van der Waals surface area contributed by atoms with Crippen molar-refractivity contribution in [1.82, 2.24) is 0 Å². The first-order valence-corrected chi connectivity index (χ1v) is 3.70. The predicted octanol–water partition coefficient (Wildman–Crippen LogP) is 0.923. The summed E-state index contributed by atoms with van der Waals surface area (Å²) < 4.78 is 4.49. The monoisotopic (exact) mass is 159 g/mol. The minimum atomic E-state index is -0.486. The van der Waals surface area contributed by atoms with Gasteiger partial charge in [0.1, 0.15) is 6.04 Å². The maximum atomic E-state index is 10.8. The van der Waals surface area contributed by atoms with E-state index in [4.69, 9.17) is 5.73 Å². The summed E-state index contributed by atoms with van der Waals surface area (Å²) in [6.45, 7) is 6.11. The summed E-state index contributed by atoms with van der Waals surface area (Å²) in [6.07, 6.45) is 0.652. The van der Waals surface area contributed by atoms with Crippen LogP contribution in [0.4, 0.5) is 0 Å². The van der Waals surface area contributed by atoms with Crippen molar-refractivity contribution in [2.45, 2.75) is 33.2 Å². The van der Waals surface area contributed by atoms with Gasteiger partial charge >= 0.3 is 5.97 Å². The molecular formula is C8H17NO2. The summed E-state index contributed by atoms with van der Waals surface area (Å²) >= 11 is 0. The second kappa shape index (κ2) is 3.72. The van der Waals surface area contributed by atoms with Crippen LogP contribution >= 0.6 is 0 Å². The van der Waals surface area contributed by atoms with E-state index in [0.29, 0.717) is 6.42 Å². The Hall–Kier alpha value is -0.570. The summed E-state index contributed by atoms with van der Waals surface area (Å²) in [4.78, 5) is 10.8. The van der Waals surface area contributed by atoms with Gasteiger partial charge in [-0.3, -0.25) is 4.79 Å². The number of ether oxygens (including phenoxy) is 1. The Kier molecular flexibility index (Phi) is 3.52. The second-order valence-electron chi connectivity index (χ2n) is 3.89. The van der Waals surface area contributed by atoms with Gasteiger partial charge in [0.25, 0.3) is 0 Å². The van der Waals surface area contributed by atoms with Gasteiger partial charge in [-0.05, 0) is 11.8 Å². The van der Waals surface area contributed by atoms with E-state index >= 15 is 0 Å². The number of carbonyl (C=O) groups is 1. The lowest BCUT2D eigenvalue weighted by Gasteiger charge is -2.21. The first-order valence-electron chi connectivity index (χ1n) is 3.70. The molecule has 0 aromatic rings. The maximum absolute atomic E-state index is 10.8. The van der Waals surface area contributed by atoms with Gasteiger partial charge in [-0.1, -0.05) is 20.8 Å². The molecule has 0 saturated heterocycles. The smallest absolute Gasteiger partial charge is 0.322 e. The molecule has 11 heavy (non-hydrogen) atoms. The van der Waals surface area contributed by atoms with Crippen LogP contribution in [0.2, 0.25) is 0 Å². The normalized spacial score (nSPS) is 14.3. The highest BCUT2D eigenvalue weighted by Crippen LogP contribution is 2.19. The second-order valence-corrected chi connectivity index (χ2v) is 3.89. The zero-order valence-electron chi connectivity index (χ0n) is 7.68. The SMILES string of the molecule is COC(=O)[C@@H](N)CC(C)(C)C. The topological polar surface area (TPSA) is 52.3 Å². The van der Waals surface area contributed by atoms with Gasteiger partial charge in [-0.15, -0.1) is 0 Å². The van der Waals surface area contributed by atoms with E-state index in [0.717, 1.165) is 0 Å². The number of hydrogen-bond donors (Lipinski definition) is 1. The molecule has 0 spiro atoms. The van der Waals surface area contributed by atoms with E-state index in [2.05, 4.69) is 4.74 Å². The molecule has 0 aliphatic rings. The molecule has 2 N–H and O–H groups in total. The number of nitrogens with two attached hydrogens (primary N) is 1. The van der Waals surface area contributed by atoms with Crippen LogP contribution in [0.25, 0.3) is 0 Å². The van der Waals surface area contributed by atoms with Crippen LogP contribution in [0.5, 0.6) is 0 Å². The van der Waals surface area contributed by atoms with Crippen LogP contribution in [-0.4, -0.2) is 19.1 Å².